The summed E-state index contributed by atoms with van der Waals surface area (Å²) in [6.45, 7) is 13.0. The van der Waals surface area contributed by atoms with E-state index in [1.165, 1.54) is 0 Å². The molecule has 0 aliphatic rings. The predicted octanol–water partition coefficient (Wildman–Crippen LogP) is 4.91. The Bertz CT molecular complexity index is 283. The molecule has 0 saturated carbocycles. The summed E-state index contributed by atoms with van der Waals surface area (Å²) >= 11 is 0. The third-order valence-corrected chi connectivity index (χ3v) is 3.35. The fourth-order valence-corrected chi connectivity index (χ4v) is 1.72. The van der Waals surface area contributed by atoms with Crippen molar-refractivity contribution in [1.29, 1.82) is 0 Å². The van der Waals surface area contributed by atoms with Gasteiger partial charge in [-0.1, -0.05) is 48.0 Å². The van der Waals surface area contributed by atoms with Gasteiger partial charge >= 0.3 is 11.9 Å². The lowest BCUT2D eigenvalue weighted by Gasteiger charge is -2.10. The maximum absolute atomic E-state index is 10.8. The van der Waals surface area contributed by atoms with Gasteiger partial charge in [0, 0.05) is 6.42 Å². The number of hydrogen-bond acceptors (Lipinski definition) is 3. The summed E-state index contributed by atoms with van der Waals surface area (Å²) < 4.78 is 4.95. The van der Waals surface area contributed by atoms with Crippen LogP contribution in [0.2, 0.25) is 0 Å². The Labute approximate surface area is 136 Å². The number of carbonyl (C=O) groups excluding carboxylic acids is 1. The second-order valence-electron chi connectivity index (χ2n) is 6.57. The zero-order valence-corrected chi connectivity index (χ0v) is 15.4. The molecule has 0 aliphatic carbocycles. The van der Waals surface area contributed by atoms with Crippen LogP contribution in [0.3, 0.4) is 0 Å². The lowest BCUT2D eigenvalue weighted by Crippen LogP contribution is -2.13. The lowest BCUT2D eigenvalue weighted by atomic mass is 9.96. The van der Waals surface area contributed by atoms with Gasteiger partial charge in [0.2, 0.25) is 0 Å². The van der Waals surface area contributed by atoms with E-state index in [9.17, 15) is 9.59 Å². The molecule has 0 amide bonds. The third-order valence-electron chi connectivity index (χ3n) is 3.35. The average molecular weight is 316 g/mol. The van der Waals surface area contributed by atoms with Gasteiger partial charge in [-0.05, 0) is 37.5 Å². The van der Waals surface area contributed by atoms with E-state index < -0.39 is 5.97 Å². The molecule has 0 aromatic carbocycles. The van der Waals surface area contributed by atoms with Crippen LogP contribution in [0.5, 0.6) is 0 Å². The van der Waals surface area contributed by atoms with E-state index in [-0.39, 0.29) is 11.9 Å². The van der Waals surface area contributed by atoms with Crippen molar-refractivity contribution in [1.82, 2.24) is 0 Å². The van der Waals surface area contributed by atoms with Crippen molar-refractivity contribution in [3.8, 4) is 0 Å². The van der Waals surface area contributed by atoms with E-state index in [4.69, 9.17) is 9.84 Å². The Balaban J connectivity index is 0. The standard InChI is InChI=1S/2C9H18O2/c1-4-8(9(10)11)6-5-7(2)3;1-4-5-9(10)11-7-6-8(2)3/h7-8H,4-6H2,1-3H3,(H,10,11);8H,4-7H2,1-3H3. The number of esters is 1. The van der Waals surface area contributed by atoms with Crippen LogP contribution >= 0.6 is 0 Å². The van der Waals surface area contributed by atoms with Crippen LogP contribution in [0.1, 0.15) is 80.1 Å². The SMILES string of the molecule is CCC(CCC(C)C)C(=O)O.CCCC(=O)OCCC(C)C. The van der Waals surface area contributed by atoms with Crippen LogP contribution in [0.25, 0.3) is 0 Å². The molecule has 0 saturated heterocycles. The smallest absolute Gasteiger partial charge is 0.306 e. The molecule has 0 fully saturated rings. The van der Waals surface area contributed by atoms with E-state index >= 15 is 0 Å². The van der Waals surface area contributed by atoms with Gasteiger partial charge in [-0.3, -0.25) is 9.59 Å². The van der Waals surface area contributed by atoms with Gasteiger partial charge < -0.3 is 9.84 Å². The summed E-state index contributed by atoms with van der Waals surface area (Å²) in [4.78, 5) is 21.3. The molecule has 1 atom stereocenters. The Morgan fingerprint density at radius 3 is 1.86 bits per heavy atom. The molecule has 22 heavy (non-hydrogen) atoms. The van der Waals surface area contributed by atoms with E-state index in [0.717, 1.165) is 32.1 Å². The summed E-state index contributed by atoms with van der Waals surface area (Å²) in [6, 6.07) is 0. The van der Waals surface area contributed by atoms with E-state index in [2.05, 4.69) is 27.7 Å². The molecule has 0 rings (SSSR count). The highest BCUT2D eigenvalue weighted by molar-refractivity contribution is 5.69. The number of carboxylic acid groups (broad SMARTS) is 1. The van der Waals surface area contributed by atoms with Crippen LogP contribution in [-0.4, -0.2) is 23.7 Å². The number of carboxylic acids is 1. The lowest BCUT2D eigenvalue weighted by molar-refractivity contribution is -0.144. The predicted molar refractivity (Wildman–Crippen MR) is 90.8 cm³/mol. The van der Waals surface area contributed by atoms with Gasteiger partial charge in [0.1, 0.15) is 0 Å². The fraction of sp³-hybridized carbons (Fsp3) is 0.889. The van der Waals surface area contributed by atoms with Crippen molar-refractivity contribution in [2.24, 2.45) is 17.8 Å². The van der Waals surface area contributed by atoms with Crippen LogP contribution in [0.15, 0.2) is 0 Å². The van der Waals surface area contributed by atoms with Crippen molar-refractivity contribution >= 4 is 11.9 Å². The molecule has 1 unspecified atom stereocenters. The van der Waals surface area contributed by atoms with Gasteiger partial charge in [-0.25, -0.2) is 0 Å². The molecule has 0 heterocycles. The van der Waals surface area contributed by atoms with Crippen LogP contribution in [0, 0.1) is 17.8 Å². The second kappa shape index (κ2) is 14.9. The number of ether oxygens (including phenoxy) is 1. The van der Waals surface area contributed by atoms with E-state index in [1.807, 2.05) is 13.8 Å². The van der Waals surface area contributed by atoms with Gasteiger partial charge in [0.15, 0.2) is 0 Å². The molecule has 0 bridgehead atoms. The first-order valence-electron chi connectivity index (χ1n) is 8.62. The number of hydrogen-bond donors (Lipinski definition) is 1. The van der Waals surface area contributed by atoms with Gasteiger partial charge in [0.25, 0.3) is 0 Å². The maximum Gasteiger partial charge on any atom is 0.306 e. The third kappa shape index (κ3) is 17.0. The van der Waals surface area contributed by atoms with Crippen LogP contribution in [0.4, 0.5) is 0 Å². The minimum atomic E-state index is -0.645. The Hall–Kier alpha value is -1.06. The molecule has 132 valence electrons. The highest BCUT2D eigenvalue weighted by atomic mass is 16.5. The summed E-state index contributed by atoms with van der Waals surface area (Å²) in [7, 11) is 0. The Morgan fingerprint density at radius 1 is 0.955 bits per heavy atom. The first kappa shape index (κ1) is 23.2. The van der Waals surface area contributed by atoms with Crippen LogP contribution in [-0.2, 0) is 14.3 Å². The summed E-state index contributed by atoms with van der Waals surface area (Å²) in [5, 5.41) is 8.69. The Morgan fingerprint density at radius 2 is 1.50 bits per heavy atom. The fourth-order valence-electron chi connectivity index (χ4n) is 1.72. The average Bonchev–Trinajstić information content (AvgIpc) is 2.39. The van der Waals surface area contributed by atoms with Gasteiger partial charge in [0.05, 0.1) is 12.5 Å². The number of carbonyl (C=O) groups is 2. The van der Waals surface area contributed by atoms with Crippen molar-refractivity contribution in [2.45, 2.75) is 80.1 Å². The summed E-state index contributed by atoms with van der Waals surface area (Å²) in [5.74, 6) is 0.395. The molecule has 1 N–H and O–H groups in total. The zero-order valence-electron chi connectivity index (χ0n) is 15.4. The molecule has 0 aromatic heterocycles. The maximum atomic E-state index is 10.8. The number of aliphatic carboxylic acids is 1. The van der Waals surface area contributed by atoms with Crippen molar-refractivity contribution in [3.63, 3.8) is 0 Å². The van der Waals surface area contributed by atoms with E-state index in [0.29, 0.717) is 24.9 Å². The first-order chi connectivity index (χ1) is 10.2. The quantitative estimate of drug-likeness (QED) is 0.582. The second-order valence-corrected chi connectivity index (χ2v) is 6.57. The molecule has 4 nitrogen and oxygen atoms in total. The van der Waals surface area contributed by atoms with Gasteiger partial charge in [-0.15, -0.1) is 0 Å². The zero-order chi connectivity index (χ0) is 17.5. The minimum Gasteiger partial charge on any atom is -0.481 e. The largest absolute Gasteiger partial charge is 0.481 e. The molecular weight excluding hydrogens is 280 g/mol. The highest BCUT2D eigenvalue weighted by Crippen LogP contribution is 2.15. The summed E-state index contributed by atoms with van der Waals surface area (Å²) in [5.41, 5.74) is 0. The number of rotatable bonds is 10. The van der Waals surface area contributed by atoms with Crippen molar-refractivity contribution in [2.75, 3.05) is 6.61 Å². The molecule has 0 aliphatic heterocycles. The summed E-state index contributed by atoms with van der Waals surface area (Å²) in [6.07, 6.45) is 4.99. The monoisotopic (exact) mass is 316 g/mol. The van der Waals surface area contributed by atoms with E-state index in [1.54, 1.807) is 0 Å². The molecule has 4 heteroatoms. The highest BCUT2D eigenvalue weighted by Gasteiger charge is 2.14. The minimum absolute atomic E-state index is 0.0619. The molecule has 0 radical (unpaired) electrons. The Kier molecular flexibility index (Phi) is 15.7. The van der Waals surface area contributed by atoms with Crippen molar-refractivity contribution < 1.29 is 19.4 Å². The molecular formula is C18H36O4. The van der Waals surface area contributed by atoms with Crippen molar-refractivity contribution in [3.05, 3.63) is 0 Å². The van der Waals surface area contributed by atoms with Gasteiger partial charge in [-0.2, -0.15) is 0 Å². The first-order valence-corrected chi connectivity index (χ1v) is 8.62. The van der Waals surface area contributed by atoms with Crippen LogP contribution < -0.4 is 0 Å². The normalized spacial score (nSPS) is 11.8. The topological polar surface area (TPSA) is 63.6 Å². The molecule has 0 aromatic rings. The molecule has 0 spiro atoms.